The molecule has 0 heterocycles. The predicted molar refractivity (Wildman–Crippen MR) is 36.9 cm³/mol. The molecule has 1 aliphatic carbocycles. The molecule has 0 saturated carbocycles. The molecule has 0 aromatic heterocycles. The van der Waals surface area contributed by atoms with Crippen LogP contribution in [0.25, 0.3) is 0 Å². The third kappa shape index (κ3) is 1.84. The van der Waals surface area contributed by atoms with E-state index in [2.05, 4.69) is 0 Å². The fraction of sp³-hybridized carbons (Fsp3) is 0.250. The van der Waals surface area contributed by atoms with Gasteiger partial charge in [-0.3, -0.25) is 0 Å². The Labute approximate surface area is 54.4 Å². The smallest absolute Gasteiger partial charge is 0.145 e. The standard InChI is InChI=1S/C8H9F/c1-8(9)6-4-2-3-5-7-8/h2-7H,1H3. The lowest BCUT2D eigenvalue weighted by Crippen LogP contribution is -2.07. The van der Waals surface area contributed by atoms with E-state index >= 15 is 0 Å². The molecule has 1 rings (SSSR count). The third-order valence-corrected chi connectivity index (χ3v) is 1.18. The van der Waals surface area contributed by atoms with Crippen molar-refractivity contribution in [3.05, 3.63) is 36.5 Å². The molecule has 0 spiro atoms. The molecule has 0 aromatic rings. The van der Waals surface area contributed by atoms with Crippen LogP contribution in [0.2, 0.25) is 0 Å². The summed E-state index contributed by atoms with van der Waals surface area (Å²) in [5.74, 6) is 0. The van der Waals surface area contributed by atoms with Crippen LogP contribution in [-0.2, 0) is 0 Å². The Morgan fingerprint density at radius 2 is 1.44 bits per heavy atom. The summed E-state index contributed by atoms with van der Waals surface area (Å²) in [6, 6.07) is 0. The molecule has 0 amide bonds. The second-order valence-corrected chi connectivity index (χ2v) is 2.25. The SMILES string of the molecule is CC1(F)C=CC=CC=C1. The molecule has 0 radical (unpaired) electrons. The highest BCUT2D eigenvalue weighted by Crippen LogP contribution is 2.15. The number of alkyl halides is 1. The Hall–Kier alpha value is -0.850. The minimum Gasteiger partial charge on any atom is -0.235 e. The van der Waals surface area contributed by atoms with Gasteiger partial charge in [-0.25, -0.2) is 4.39 Å². The van der Waals surface area contributed by atoms with Gasteiger partial charge in [-0.05, 0) is 19.1 Å². The second kappa shape index (κ2) is 2.18. The molecular weight excluding hydrogens is 115 g/mol. The summed E-state index contributed by atoms with van der Waals surface area (Å²) in [6.45, 7) is 1.52. The maximum Gasteiger partial charge on any atom is 0.145 e. The zero-order valence-corrected chi connectivity index (χ0v) is 5.34. The van der Waals surface area contributed by atoms with E-state index in [1.54, 1.807) is 24.3 Å². The molecule has 0 fully saturated rings. The van der Waals surface area contributed by atoms with E-state index in [0.29, 0.717) is 0 Å². The first-order valence-electron chi connectivity index (χ1n) is 2.93. The first kappa shape index (κ1) is 6.27. The van der Waals surface area contributed by atoms with Crippen molar-refractivity contribution in [1.29, 1.82) is 0 Å². The lowest BCUT2D eigenvalue weighted by atomic mass is 10.1. The summed E-state index contributed by atoms with van der Waals surface area (Å²) in [5, 5.41) is 0. The summed E-state index contributed by atoms with van der Waals surface area (Å²) < 4.78 is 12.9. The average Bonchev–Trinajstić information content (AvgIpc) is 1.92. The first-order valence-corrected chi connectivity index (χ1v) is 2.93. The molecule has 0 atom stereocenters. The highest BCUT2D eigenvalue weighted by atomic mass is 19.1. The Kier molecular flexibility index (Phi) is 1.52. The van der Waals surface area contributed by atoms with E-state index in [9.17, 15) is 4.39 Å². The molecule has 1 heteroatoms. The van der Waals surface area contributed by atoms with Crippen LogP contribution in [-0.4, -0.2) is 5.67 Å². The van der Waals surface area contributed by atoms with E-state index in [1.807, 2.05) is 0 Å². The quantitative estimate of drug-likeness (QED) is 0.465. The van der Waals surface area contributed by atoms with Crippen LogP contribution in [0.1, 0.15) is 6.92 Å². The molecule has 0 aliphatic heterocycles. The van der Waals surface area contributed by atoms with Gasteiger partial charge in [-0.15, -0.1) is 0 Å². The van der Waals surface area contributed by atoms with Crippen LogP contribution in [0.4, 0.5) is 4.39 Å². The molecule has 0 nitrogen and oxygen atoms in total. The predicted octanol–water partition coefficient (Wildman–Crippen LogP) is 2.40. The van der Waals surface area contributed by atoms with Gasteiger partial charge < -0.3 is 0 Å². The fourth-order valence-corrected chi connectivity index (χ4v) is 0.671. The molecule has 0 saturated heterocycles. The minimum atomic E-state index is -1.26. The van der Waals surface area contributed by atoms with Gasteiger partial charge in [-0.1, -0.05) is 24.3 Å². The summed E-state index contributed by atoms with van der Waals surface area (Å²) in [7, 11) is 0. The molecule has 0 aromatic carbocycles. The Balaban J connectivity index is 2.82. The van der Waals surface area contributed by atoms with Crippen molar-refractivity contribution in [2.75, 3.05) is 0 Å². The van der Waals surface area contributed by atoms with Crippen molar-refractivity contribution in [3.63, 3.8) is 0 Å². The summed E-state index contributed by atoms with van der Waals surface area (Å²) in [4.78, 5) is 0. The van der Waals surface area contributed by atoms with Crippen molar-refractivity contribution >= 4 is 0 Å². The maximum atomic E-state index is 12.9. The van der Waals surface area contributed by atoms with Crippen LogP contribution in [0.3, 0.4) is 0 Å². The van der Waals surface area contributed by atoms with E-state index in [4.69, 9.17) is 0 Å². The van der Waals surface area contributed by atoms with Crippen molar-refractivity contribution in [3.8, 4) is 0 Å². The number of hydrogen-bond donors (Lipinski definition) is 0. The van der Waals surface area contributed by atoms with Crippen LogP contribution in [0.5, 0.6) is 0 Å². The lowest BCUT2D eigenvalue weighted by molar-refractivity contribution is 0.328. The van der Waals surface area contributed by atoms with Crippen LogP contribution in [0, 0.1) is 0 Å². The number of allylic oxidation sites excluding steroid dienone is 6. The molecular formula is C8H9F. The summed E-state index contributed by atoms with van der Waals surface area (Å²) in [6.07, 6.45) is 10.1. The highest BCUT2D eigenvalue weighted by Gasteiger charge is 2.13. The van der Waals surface area contributed by atoms with Crippen LogP contribution < -0.4 is 0 Å². The minimum absolute atomic E-state index is 1.26. The lowest BCUT2D eigenvalue weighted by Gasteiger charge is -2.06. The molecule has 0 unspecified atom stereocenters. The van der Waals surface area contributed by atoms with Gasteiger partial charge in [0, 0.05) is 0 Å². The second-order valence-electron chi connectivity index (χ2n) is 2.25. The van der Waals surface area contributed by atoms with Gasteiger partial charge in [0.1, 0.15) is 5.67 Å². The van der Waals surface area contributed by atoms with Crippen LogP contribution >= 0.6 is 0 Å². The fourth-order valence-electron chi connectivity index (χ4n) is 0.671. The van der Waals surface area contributed by atoms with Gasteiger partial charge in [0.05, 0.1) is 0 Å². The Morgan fingerprint density at radius 1 is 1.00 bits per heavy atom. The van der Waals surface area contributed by atoms with Crippen molar-refractivity contribution in [2.45, 2.75) is 12.6 Å². The normalized spacial score (nSPS) is 22.0. The van der Waals surface area contributed by atoms with E-state index in [1.165, 1.54) is 19.1 Å². The highest BCUT2D eigenvalue weighted by molar-refractivity contribution is 5.24. The zero-order chi connectivity index (χ0) is 6.74. The number of hydrogen-bond acceptors (Lipinski definition) is 0. The van der Waals surface area contributed by atoms with Crippen molar-refractivity contribution in [2.24, 2.45) is 0 Å². The van der Waals surface area contributed by atoms with Gasteiger partial charge >= 0.3 is 0 Å². The molecule has 9 heavy (non-hydrogen) atoms. The summed E-state index contributed by atoms with van der Waals surface area (Å²) >= 11 is 0. The van der Waals surface area contributed by atoms with E-state index < -0.39 is 5.67 Å². The first-order chi connectivity index (χ1) is 4.21. The van der Waals surface area contributed by atoms with Crippen molar-refractivity contribution < 1.29 is 4.39 Å². The largest absolute Gasteiger partial charge is 0.235 e. The van der Waals surface area contributed by atoms with Gasteiger partial charge in [0.15, 0.2) is 0 Å². The van der Waals surface area contributed by atoms with Gasteiger partial charge in [-0.2, -0.15) is 0 Å². The average molecular weight is 124 g/mol. The summed E-state index contributed by atoms with van der Waals surface area (Å²) in [5.41, 5.74) is -1.26. The Morgan fingerprint density at radius 3 is 1.89 bits per heavy atom. The Bertz CT molecular complexity index is 155. The molecule has 0 N–H and O–H groups in total. The maximum absolute atomic E-state index is 12.9. The monoisotopic (exact) mass is 124 g/mol. The van der Waals surface area contributed by atoms with E-state index in [0.717, 1.165) is 0 Å². The van der Waals surface area contributed by atoms with Gasteiger partial charge in [0.2, 0.25) is 0 Å². The third-order valence-electron chi connectivity index (χ3n) is 1.18. The zero-order valence-electron chi connectivity index (χ0n) is 5.34. The number of rotatable bonds is 0. The molecule has 48 valence electrons. The van der Waals surface area contributed by atoms with Crippen LogP contribution in [0.15, 0.2) is 36.5 Å². The van der Waals surface area contributed by atoms with Crippen molar-refractivity contribution in [1.82, 2.24) is 0 Å². The molecule has 0 bridgehead atoms. The molecule has 1 aliphatic rings. The number of halogens is 1. The van der Waals surface area contributed by atoms with Gasteiger partial charge in [0.25, 0.3) is 0 Å². The van der Waals surface area contributed by atoms with E-state index in [-0.39, 0.29) is 0 Å². The topological polar surface area (TPSA) is 0 Å².